The van der Waals surface area contributed by atoms with E-state index < -0.39 is 0 Å². The molecule has 92 valence electrons. The fourth-order valence-corrected chi connectivity index (χ4v) is 2.52. The van der Waals surface area contributed by atoms with Gasteiger partial charge in [-0.2, -0.15) is 0 Å². The fourth-order valence-electron chi connectivity index (χ4n) is 2.15. The number of nitrogens with zero attached hydrogens (tertiary/aromatic N) is 1. The van der Waals surface area contributed by atoms with Gasteiger partial charge in [-0.25, -0.2) is 0 Å². The van der Waals surface area contributed by atoms with E-state index in [0.717, 1.165) is 11.0 Å². The molecule has 0 aliphatic carbocycles. The van der Waals surface area contributed by atoms with Crippen molar-refractivity contribution in [1.29, 1.82) is 0 Å². The van der Waals surface area contributed by atoms with E-state index in [1.54, 1.807) is 0 Å². The van der Waals surface area contributed by atoms with Crippen molar-refractivity contribution in [2.45, 2.75) is 40.2 Å². The summed E-state index contributed by atoms with van der Waals surface area (Å²) >= 11 is 3.51. The van der Waals surface area contributed by atoms with Crippen LogP contribution in [0.2, 0.25) is 0 Å². The molecule has 0 bridgehead atoms. The summed E-state index contributed by atoms with van der Waals surface area (Å²) in [5.74, 6) is 0. The molecule has 17 heavy (non-hydrogen) atoms. The van der Waals surface area contributed by atoms with Crippen LogP contribution in [0.5, 0.6) is 0 Å². The van der Waals surface area contributed by atoms with Crippen molar-refractivity contribution in [3.8, 4) is 0 Å². The third kappa shape index (κ3) is 3.35. The van der Waals surface area contributed by atoms with E-state index in [-0.39, 0.29) is 0 Å². The van der Waals surface area contributed by atoms with Crippen molar-refractivity contribution >= 4 is 26.8 Å². The van der Waals surface area contributed by atoms with Gasteiger partial charge in [0.15, 0.2) is 0 Å². The van der Waals surface area contributed by atoms with Crippen LogP contribution in [-0.2, 0) is 6.54 Å². The van der Waals surface area contributed by atoms with Crippen molar-refractivity contribution in [3.05, 3.63) is 34.9 Å². The minimum atomic E-state index is 0.436. The highest BCUT2D eigenvalue weighted by atomic mass is 79.9. The van der Waals surface area contributed by atoms with E-state index in [9.17, 15) is 0 Å². The van der Waals surface area contributed by atoms with Crippen molar-refractivity contribution in [2.75, 3.05) is 0 Å². The SMILES string of the molecule is CC(C)(C)CCCn1ccc2cc(Br)ccc21. The van der Waals surface area contributed by atoms with Crippen LogP contribution in [0.1, 0.15) is 33.6 Å². The van der Waals surface area contributed by atoms with Gasteiger partial charge in [0.2, 0.25) is 0 Å². The lowest BCUT2D eigenvalue weighted by Crippen LogP contribution is -2.07. The minimum absolute atomic E-state index is 0.436. The van der Waals surface area contributed by atoms with Crippen molar-refractivity contribution in [1.82, 2.24) is 4.57 Å². The Bertz CT molecular complexity index is 505. The molecule has 0 aliphatic rings. The summed E-state index contributed by atoms with van der Waals surface area (Å²) in [5.41, 5.74) is 1.77. The molecule has 0 N–H and O–H groups in total. The van der Waals surface area contributed by atoms with Crippen molar-refractivity contribution in [3.63, 3.8) is 0 Å². The van der Waals surface area contributed by atoms with E-state index in [2.05, 4.69) is 71.7 Å². The second-order valence-corrected chi connectivity index (χ2v) is 6.79. The van der Waals surface area contributed by atoms with Crippen molar-refractivity contribution < 1.29 is 0 Å². The number of hydrogen-bond donors (Lipinski definition) is 0. The molecule has 0 saturated heterocycles. The van der Waals surface area contributed by atoms with Crippen LogP contribution in [0.3, 0.4) is 0 Å². The van der Waals surface area contributed by atoms with E-state index in [0.29, 0.717) is 5.41 Å². The minimum Gasteiger partial charge on any atom is -0.347 e. The normalized spacial score (nSPS) is 12.2. The Morgan fingerprint density at radius 1 is 1.18 bits per heavy atom. The van der Waals surface area contributed by atoms with Gasteiger partial charge in [0, 0.05) is 28.1 Å². The van der Waals surface area contributed by atoms with Crippen LogP contribution in [0.15, 0.2) is 34.9 Å². The van der Waals surface area contributed by atoms with Crippen LogP contribution in [-0.4, -0.2) is 4.57 Å². The Labute approximate surface area is 112 Å². The first kappa shape index (κ1) is 12.7. The van der Waals surface area contributed by atoms with Gasteiger partial charge in [0.25, 0.3) is 0 Å². The fraction of sp³-hybridized carbons (Fsp3) is 0.467. The smallest absolute Gasteiger partial charge is 0.0481 e. The van der Waals surface area contributed by atoms with Crippen LogP contribution in [0.4, 0.5) is 0 Å². The summed E-state index contributed by atoms with van der Waals surface area (Å²) in [4.78, 5) is 0. The van der Waals surface area contributed by atoms with Gasteiger partial charge in [-0.3, -0.25) is 0 Å². The van der Waals surface area contributed by atoms with Gasteiger partial charge in [0.05, 0.1) is 0 Å². The van der Waals surface area contributed by atoms with Crippen LogP contribution in [0, 0.1) is 5.41 Å². The third-order valence-corrected chi connectivity index (χ3v) is 3.55. The molecule has 2 aromatic rings. The Kier molecular flexibility index (Phi) is 3.62. The Hall–Kier alpha value is -0.760. The number of aryl methyl sites for hydroxylation is 1. The second kappa shape index (κ2) is 4.85. The average Bonchev–Trinajstić information content (AvgIpc) is 2.59. The molecular formula is C15H20BrN. The topological polar surface area (TPSA) is 4.93 Å². The summed E-state index contributed by atoms with van der Waals surface area (Å²) in [6, 6.07) is 8.67. The average molecular weight is 294 g/mol. The van der Waals surface area contributed by atoms with Gasteiger partial charge < -0.3 is 4.57 Å². The third-order valence-electron chi connectivity index (χ3n) is 3.06. The van der Waals surface area contributed by atoms with E-state index in [1.165, 1.54) is 23.7 Å². The molecular weight excluding hydrogens is 274 g/mol. The molecule has 1 nitrogen and oxygen atoms in total. The maximum atomic E-state index is 3.51. The number of hydrogen-bond acceptors (Lipinski definition) is 0. The molecule has 0 saturated carbocycles. The maximum absolute atomic E-state index is 3.51. The Balaban J connectivity index is 2.09. The number of fused-ring (bicyclic) bond motifs is 1. The highest BCUT2D eigenvalue weighted by Crippen LogP contribution is 2.24. The summed E-state index contributed by atoms with van der Waals surface area (Å²) in [5, 5.41) is 1.31. The first-order valence-corrected chi connectivity index (χ1v) is 6.99. The molecule has 0 spiro atoms. The molecule has 1 aromatic heterocycles. The summed E-state index contributed by atoms with van der Waals surface area (Å²) in [6.07, 6.45) is 4.70. The summed E-state index contributed by atoms with van der Waals surface area (Å²) < 4.78 is 3.51. The lowest BCUT2D eigenvalue weighted by atomic mass is 9.91. The van der Waals surface area contributed by atoms with Crippen LogP contribution < -0.4 is 0 Å². The van der Waals surface area contributed by atoms with Crippen LogP contribution in [0.25, 0.3) is 10.9 Å². The maximum Gasteiger partial charge on any atom is 0.0481 e. The number of aromatic nitrogens is 1. The highest BCUT2D eigenvalue weighted by molar-refractivity contribution is 9.10. The monoisotopic (exact) mass is 293 g/mol. The highest BCUT2D eigenvalue weighted by Gasteiger charge is 2.09. The standard InChI is InChI=1S/C15H20BrN/c1-15(2,3)8-4-9-17-10-7-12-11-13(16)5-6-14(12)17/h5-7,10-11H,4,8-9H2,1-3H3. The van der Waals surface area contributed by atoms with Gasteiger partial charge >= 0.3 is 0 Å². The first-order valence-electron chi connectivity index (χ1n) is 6.20. The van der Waals surface area contributed by atoms with E-state index in [4.69, 9.17) is 0 Å². The molecule has 0 radical (unpaired) electrons. The lowest BCUT2D eigenvalue weighted by Gasteiger charge is -2.18. The Morgan fingerprint density at radius 3 is 2.65 bits per heavy atom. The summed E-state index contributed by atoms with van der Waals surface area (Å²) in [6.45, 7) is 8.02. The number of rotatable bonds is 3. The lowest BCUT2D eigenvalue weighted by molar-refractivity contribution is 0.355. The van der Waals surface area contributed by atoms with Gasteiger partial charge in [-0.05, 0) is 42.5 Å². The molecule has 1 heterocycles. The molecule has 0 fully saturated rings. The molecule has 2 rings (SSSR count). The van der Waals surface area contributed by atoms with Crippen molar-refractivity contribution in [2.24, 2.45) is 5.41 Å². The number of benzene rings is 1. The van der Waals surface area contributed by atoms with E-state index >= 15 is 0 Å². The van der Waals surface area contributed by atoms with Gasteiger partial charge in [-0.1, -0.05) is 36.7 Å². The van der Waals surface area contributed by atoms with Gasteiger partial charge in [0.1, 0.15) is 0 Å². The predicted octanol–water partition coefficient (Wildman–Crippen LogP) is 5.23. The molecule has 0 amide bonds. The zero-order valence-corrected chi connectivity index (χ0v) is 12.4. The predicted molar refractivity (Wildman–Crippen MR) is 78.3 cm³/mol. The molecule has 0 atom stereocenters. The second-order valence-electron chi connectivity index (χ2n) is 5.88. The molecule has 0 unspecified atom stereocenters. The summed E-state index contributed by atoms with van der Waals surface area (Å²) in [7, 11) is 0. The van der Waals surface area contributed by atoms with E-state index in [1.807, 2.05) is 0 Å². The molecule has 0 aliphatic heterocycles. The largest absolute Gasteiger partial charge is 0.347 e. The van der Waals surface area contributed by atoms with Crippen LogP contribution >= 0.6 is 15.9 Å². The zero-order valence-electron chi connectivity index (χ0n) is 10.8. The Morgan fingerprint density at radius 2 is 1.94 bits per heavy atom. The number of halogens is 1. The zero-order chi connectivity index (χ0) is 12.5. The quantitative estimate of drug-likeness (QED) is 0.730. The van der Waals surface area contributed by atoms with Gasteiger partial charge in [-0.15, -0.1) is 0 Å². The molecule has 2 heteroatoms. The first-order chi connectivity index (χ1) is 7.96. The molecule has 1 aromatic carbocycles.